The van der Waals surface area contributed by atoms with Crippen molar-refractivity contribution in [2.24, 2.45) is 13.0 Å². The number of fused-ring (bicyclic) bond motifs is 2. The lowest BCUT2D eigenvalue weighted by atomic mass is 9.93. The number of aliphatic hydroxyl groups is 1. The Labute approximate surface area is 327 Å². The molecule has 0 spiro atoms. The molecular weight excluding hydrogens is 810 g/mol. The molecule has 0 saturated carbocycles. The maximum atomic E-state index is 15.3. The normalized spacial score (nSPS) is 16.9. The molecule has 0 radical (unpaired) electrons. The number of carbonyl (C=O) groups excluding carboxylic acids is 1. The first kappa shape index (κ1) is 41.6. The van der Waals surface area contributed by atoms with Crippen LogP contribution in [-0.4, -0.2) is 58.0 Å². The molecule has 3 unspecified atom stereocenters. The van der Waals surface area contributed by atoms with E-state index in [0.717, 1.165) is 19.1 Å². The molecule has 0 bridgehead atoms. The summed E-state index contributed by atoms with van der Waals surface area (Å²) in [7, 11) is -0.0472. The van der Waals surface area contributed by atoms with Crippen molar-refractivity contribution in [3.8, 4) is 23.0 Å². The number of benzene rings is 2. The monoisotopic (exact) mass is 841 g/mol. The van der Waals surface area contributed by atoms with Crippen LogP contribution in [0.25, 0.3) is 22.0 Å². The van der Waals surface area contributed by atoms with Gasteiger partial charge in [-0.25, -0.2) is 35.5 Å². The Kier molecular flexibility index (Phi) is 11.5. The van der Waals surface area contributed by atoms with Gasteiger partial charge in [0.2, 0.25) is 5.91 Å². The highest BCUT2D eigenvalue weighted by Gasteiger charge is 2.51. The van der Waals surface area contributed by atoms with Crippen LogP contribution in [0.5, 0.6) is 0 Å². The molecule has 57 heavy (non-hydrogen) atoms. The van der Waals surface area contributed by atoms with E-state index in [1.54, 1.807) is 13.1 Å². The molecule has 1 aliphatic rings. The Morgan fingerprint density at radius 1 is 1.09 bits per heavy atom. The van der Waals surface area contributed by atoms with Crippen LogP contribution in [0, 0.1) is 29.4 Å². The molecule has 3 aromatic heterocycles. The fourth-order valence-corrected chi connectivity index (χ4v) is 7.35. The van der Waals surface area contributed by atoms with Crippen molar-refractivity contribution in [2.45, 2.75) is 63.7 Å². The number of anilines is 1. The van der Waals surface area contributed by atoms with Crippen LogP contribution in [-0.2, 0) is 48.1 Å². The van der Waals surface area contributed by atoms with Crippen molar-refractivity contribution in [3.05, 3.63) is 93.0 Å². The van der Waals surface area contributed by atoms with E-state index in [-0.39, 0.29) is 38.9 Å². The molecule has 2 aromatic carbocycles. The van der Waals surface area contributed by atoms with E-state index in [9.17, 15) is 40.5 Å². The number of aryl methyl sites for hydroxylation is 1. The van der Waals surface area contributed by atoms with E-state index in [0.29, 0.717) is 27.2 Å². The van der Waals surface area contributed by atoms with Gasteiger partial charge >= 0.3 is 0 Å². The van der Waals surface area contributed by atoms with Gasteiger partial charge in [0.05, 0.1) is 27.7 Å². The Balaban J connectivity index is 1.54. The van der Waals surface area contributed by atoms with Gasteiger partial charge in [-0.3, -0.25) is 18.9 Å². The maximum absolute atomic E-state index is 15.3. The summed E-state index contributed by atoms with van der Waals surface area (Å²) in [6, 6.07) is 6.89. The lowest BCUT2D eigenvalue weighted by molar-refractivity contribution is -0.123. The summed E-state index contributed by atoms with van der Waals surface area (Å²) < 4.78 is 131. The van der Waals surface area contributed by atoms with E-state index in [1.165, 1.54) is 36.1 Å². The Bertz CT molecular complexity index is 2460. The van der Waals surface area contributed by atoms with Crippen molar-refractivity contribution in [3.63, 3.8) is 0 Å². The fraction of sp³-hybridized carbons (Fsp3) is 0.351. The summed E-state index contributed by atoms with van der Waals surface area (Å²) in [5, 5.41) is 21.3. The van der Waals surface area contributed by atoms with Crippen molar-refractivity contribution < 1.29 is 49.2 Å². The molecule has 0 fully saturated rings. The van der Waals surface area contributed by atoms with Gasteiger partial charge in [-0.05, 0) is 61.6 Å². The molecule has 3 N–H and O–H groups in total. The first-order valence-corrected chi connectivity index (χ1v) is 18.9. The molecule has 0 saturated heterocycles. The van der Waals surface area contributed by atoms with Gasteiger partial charge in [0.1, 0.15) is 46.2 Å². The molecule has 1 amide bonds. The van der Waals surface area contributed by atoms with Crippen LogP contribution in [0.2, 0.25) is 5.02 Å². The molecule has 302 valence electrons. The van der Waals surface area contributed by atoms with Gasteiger partial charge in [-0.2, -0.15) is 19.0 Å². The van der Waals surface area contributed by atoms with Crippen LogP contribution in [0.3, 0.4) is 0 Å². The largest absolute Gasteiger partial charge is 0.372 e. The summed E-state index contributed by atoms with van der Waals surface area (Å²) in [6.45, 7) is 0.959. The van der Waals surface area contributed by atoms with Gasteiger partial charge in [0.15, 0.2) is 11.4 Å². The molecule has 5 aromatic rings. The number of alkyl halides is 6. The van der Waals surface area contributed by atoms with Crippen LogP contribution >= 0.6 is 11.6 Å². The van der Waals surface area contributed by atoms with Gasteiger partial charge in [0, 0.05) is 42.0 Å². The zero-order valence-electron chi connectivity index (χ0n) is 30.3. The number of nitrogens with one attached hydrogen (secondary N) is 2. The SMILES string of the molecule is C[C@@H]1Cc2c(C(F)F)nn(CC(=O)NC(Cc3cc(F)cc(F)c3)c3nc(C#CC(C)(O)C(F)F)ccc3-c3ccc(Cl)c4c(NS(C)=O)nn(C)c34)c2C1(F)F. The van der Waals surface area contributed by atoms with E-state index < -0.39 is 95.6 Å². The fourth-order valence-electron chi connectivity index (χ4n) is 6.69. The number of amides is 1. The second-order valence-electron chi connectivity index (χ2n) is 13.7. The average molecular weight is 842 g/mol. The lowest BCUT2D eigenvalue weighted by Gasteiger charge is -2.23. The van der Waals surface area contributed by atoms with Gasteiger partial charge in [-0.15, -0.1) is 0 Å². The topological polar surface area (TPSA) is 127 Å². The highest BCUT2D eigenvalue weighted by atomic mass is 35.5. The smallest absolute Gasteiger partial charge is 0.292 e. The van der Waals surface area contributed by atoms with Crippen molar-refractivity contribution >= 4 is 45.2 Å². The van der Waals surface area contributed by atoms with E-state index >= 15 is 8.78 Å². The number of carbonyl (C=O) groups is 1. The van der Waals surface area contributed by atoms with E-state index in [4.69, 9.17) is 11.6 Å². The third-order valence-electron chi connectivity index (χ3n) is 9.32. The number of halogens is 9. The van der Waals surface area contributed by atoms with Gasteiger partial charge < -0.3 is 10.4 Å². The van der Waals surface area contributed by atoms with Crippen LogP contribution in [0.1, 0.15) is 60.2 Å². The summed E-state index contributed by atoms with van der Waals surface area (Å²) in [4.78, 5) is 18.4. The Hall–Kier alpha value is -5.06. The first-order valence-electron chi connectivity index (χ1n) is 17.0. The summed E-state index contributed by atoms with van der Waals surface area (Å²) >= 11 is 6.58. The third kappa shape index (κ3) is 8.34. The molecule has 10 nitrogen and oxygen atoms in total. The summed E-state index contributed by atoms with van der Waals surface area (Å²) in [5.74, 6) is -3.45. The highest BCUT2D eigenvalue weighted by molar-refractivity contribution is 7.85. The van der Waals surface area contributed by atoms with Crippen LogP contribution in [0.15, 0.2) is 42.5 Å². The second kappa shape index (κ2) is 15.7. The van der Waals surface area contributed by atoms with E-state index in [2.05, 4.69) is 31.1 Å². The molecule has 6 rings (SSSR count). The number of nitrogens with zero attached hydrogens (tertiary/aromatic N) is 5. The van der Waals surface area contributed by atoms with Crippen molar-refractivity contribution in [2.75, 3.05) is 11.0 Å². The quantitative estimate of drug-likeness (QED) is 0.0958. The molecule has 1 aliphatic carbocycles. The van der Waals surface area contributed by atoms with Gasteiger partial charge in [-0.1, -0.05) is 30.5 Å². The zero-order valence-corrected chi connectivity index (χ0v) is 31.9. The predicted molar refractivity (Wildman–Crippen MR) is 195 cm³/mol. The first-order chi connectivity index (χ1) is 26.7. The molecule has 20 heteroatoms. The van der Waals surface area contributed by atoms with Crippen molar-refractivity contribution in [1.82, 2.24) is 29.9 Å². The van der Waals surface area contributed by atoms with E-state index in [1.807, 2.05) is 5.92 Å². The number of pyridine rings is 1. The average Bonchev–Trinajstić information content (AvgIpc) is 3.71. The number of hydrogen-bond acceptors (Lipinski definition) is 6. The minimum atomic E-state index is -3.61. The Morgan fingerprint density at radius 3 is 2.39 bits per heavy atom. The second-order valence-corrected chi connectivity index (χ2v) is 15.2. The molecule has 0 aliphatic heterocycles. The predicted octanol–water partition coefficient (Wildman–Crippen LogP) is 7.16. The maximum Gasteiger partial charge on any atom is 0.292 e. The minimum absolute atomic E-state index is 0.0262. The molecule has 3 heterocycles. The summed E-state index contributed by atoms with van der Waals surface area (Å²) in [6.07, 6.45) is -5.98. The standard InChI is InChI=1S/C37H32ClF8N7O3S/c1-17-11-24-30(33(41)42)49-53(32(24)37(17,45)46)16-27(54)48-26(14-18-12-19(39)15-20(40)13-18)29-22(6-5-21(47-29)9-10-36(2,55)35(43)44)23-7-8-25(38)28-31(23)52(3)50-34(28)51-57(4)56/h5-8,12-13,15,17,26,33,35,55H,11,14,16H2,1-4H3,(H,48,54)(H,50,51)/t17-,26?,36?,57?/m1/s1. The Morgan fingerprint density at radius 2 is 1.75 bits per heavy atom. The minimum Gasteiger partial charge on any atom is -0.372 e. The molecular formula is C37H32ClF8N7O3S. The zero-order chi connectivity index (χ0) is 41.7. The summed E-state index contributed by atoms with van der Waals surface area (Å²) in [5.41, 5.74) is -4.37. The van der Waals surface area contributed by atoms with Crippen LogP contribution < -0.4 is 10.0 Å². The van der Waals surface area contributed by atoms with Crippen molar-refractivity contribution in [1.29, 1.82) is 0 Å². The highest BCUT2D eigenvalue weighted by Crippen LogP contribution is 2.48. The number of aromatic nitrogens is 5. The molecule has 4 atom stereocenters. The van der Waals surface area contributed by atoms with Crippen LogP contribution in [0.4, 0.5) is 40.9 Å². The lowest BCUT2D eigenvalue weighted by Crippen LogP contribution is -2.35. The number of rotatable bonds is 11. The van der Waals surface area contributed by atoms with Gasteiger partial charge in [0.25, 0.3) is 18.8 Å². The number of hydrogen-bond donors (Lipinski definition) is 3. The third-order valence-corrected chi connectivity index (χ3v) is 10.1.